The lowest BCUT2D eigenvalue weighted by Gasteiger charge is -2.06. The van der Waals surface area contributed by atoms with E-state index >= 15 is 0 Å². The van der Waals surface area contributed by atoms with Gasteiger partial charge in [0.1, 0.15) is 0 Å². The molecular formula is C23H23ClN2. The number of nitrogens with one attached hydrogen (secondary N) is 2. The number of aromatic amines is 1. The molecule has 0 saturated heterocycles. The van der Waals surface area contributed by atoms with E-state index in [4.69, 9.17) is 0 Å². The molecule has 0 radical (unpaired) electrons. The van der Waals surface area contributed by atoms with Crippen LogP contribution in [0.15, 0.2) is 85.1 Å². The zero-order valence-corrected chi connectivity index (χ0v) is 15.4. The maximum absolute atomic E-state index is 3.55. The summed E-state index contributed by atoms with van der Waals surface area (Å²) < 4.78 is 0. The lowest BCUT2D eigenvalue weighted by atomic mass is 10.0. The van der Waals surface area contributed by atoms with Gasteiger partial charge in [-0.15, -0.1) is 12.4 Å². The fraction of sp³-hybridized carbons (Fsp3) is 0.130. The molecule has 0 saturated carbocycles. The van der Waals surface area contributed by atoms with Crippen LogP contribution in [0.1, 0.15) is 11.1 Å². The second-order valence-corrected chi connectivity index (χ2v) is 6.35. The Morgan fingerprint density at radius 1 is 0.731 bits per heavy atom. The third-order valence-electron chi connectivity index (χ3n) is 4.64. The van der Waals surface area contributed by atoms with Gasteiger partial charge in [-0.25, -0.2) is 0 Å². The van der Waals surface area contributed by atoms with Gasteiger partial charge in [-0.05, 0) is 41.3 Å². The van der Waals surface area contributed by atoms with Crippen LogP contribution in [-0.4, -0.2) is 11.5 Å². The third kappa shape index (κ3) is 4.16. The van der Waals surface area contributed by atoms with E-state index in [-0.39, 0.29) is 12.4 Å². The Bertz CT molecular complexity index is 943. The normalized spacial score (nSPS) is 10.6. The zero-order chi connectivity index (χ0) is 16.9. The van der Waals surface area contributed by atoms with E-state index in [9.17, 15) is 0 Å². The molecule has 0 aliphatic carbocycles. The van der Waals surface area contributed by atoms with Gasteiger partial charge >= 0.3 is 0 Å². The molecule has 3 aromatic carbocycles. The predicted octanol–water partition coefficient (Wildman–Crippen LogP) is 5.59. The third-order valence-corrected chi connectivity index (χ3v) is 4.64. The van der Waals surface area contributed by atoms with Gasteiger partial charge in [0.05, 0.1) is 0 Å². The van der Waals surface area contributed by atoms with E-state index in [2.05, 4.69) is 95.4 Å². The van der Waals surface area contributed by atoms with Crippen molar-refractivity contribution >= 4 is 23.3 Å². The molecule has 0 aliphatic heterocycles. The smallest absolute Gasteiger partial charge is 0.0456 e. The summed E-state index contributed by atoms with van der Waals surface area (Å²) in [7, 11) is 0. The molecule has 2 N–H and O–H groups in total. The molecule has 4 rings (SSSR count). The Kier molecular flexibility index (Phi) is 6.11. The summed E-state index contributed by atoms with van der Waals surface area (Å²) in [6.45, 7) is 1.87. The van der Waals surface area contributed by atoms with Gasteiger partial charge in [0.15, 0.2) is 0 Å². The highest BCUT2D eigenvalue weighted by Gasteiger charge is 2.02. The fourth-order valence-corrected chi connectivity index (χ4v) is 3.24. The molecule has 0 amide bonds. The van der Waals surface area contributed by atoms with Gasteiger partial charge in [-0.1, -0.05) is 72.8 Å². The fourth-order valence-electron chi connectivity index (χ4n) is 3.24. The van der Waals surface area contributed by atoms with Gasteiger partial charge in [-0.2, -0.15) is 0 Å². The van der Waals surface area contributed by atoms with Crippen molar-refractivity contribution in [1.29, 1.82) is 0 Å². The molecular weight excluding hydrogens is 340 g/mol. The van der Waals surface area contributed by atoms with Crippen molar-refractivity contribution in [3.8, 4) is 11.1 Å². The molecule has 0 unspecified atom stereocenters. The number of hydrogen-bond acceptors (Lipinski definition) is 1. The van der Waals surface area contributed by atoms with Crippen LogP contribution in [0.2, 0.25) is 0 Å². The van der Waals surface area contributed by atoms with Crippen molar-refractivity contribution in [2.75, 3.05) is 6.54 Å². The molecule has 0 spiro atoms. The highest BCUT2D eigenvalue weighted by atomic mass is 35.5. The highest BCUT2D eigenvalue weighted by Crippen LogP contribution is 2.19. The van der Waals surface area contributed by atoms with Crippen LogP contribution in [0.4, 0.5) is 0 Å². The van der Waals surface area contributed by atoms with Crippen LogP contribution in [0.3, 0.4) is 0 Å². The first-order chi connectivity index (χ1) is 12.4. The molecule has 26 heavy (non-hydrogen) atoms. The Balaban J connectivity index is 0.00000196. The number of aromatic nitrogens is 1. The average Bonchev–Trinajstić information content (AvgIpc) is 3.10. The van der Waals surface area contributed by atoms with Gasteiger partial charge < -0.3 is 10.3 Å². The zero-order valence-electron chi connectivity index (χ0n) is 14.6. The van der Waals surface area contributed by atoms with Crippen LogP contribution in [0.5, 0.6) is 0 Å². The Morgan fingerprint density at radius 3 is 2.23 bits per heavy atom. The minimum Gasteiger partial charge on any atom is -0.361 e. The van der Waals surface area contributed by atoms with E-state index < -0.39 is 0 Å². The summed E-state index contributed by atoms with van der Waals surface area (Å²) in [6.07, 6.45) is 3.16. The van der Waals surface area contributed by atoms with E-state index in [1.807, 2.05) is 0 Å². The first kappa shape index (κ1) is 18.2. The average molecular weight is 363 g/mol. The molecule has 1 aromatic heterocycles. The summed E-state index contributed by atoms with van der Waals surface area (Å²) in [5, 5.41) is 4.88. The summed E-state index contributed by atoms with van der Waals surface area (Å²) in [4.78, 5) is 3.34. The van der Waals surface area contributed by atoms with Crippen molar-refractivity contribution in [1.82, 2.24) is 10.3 Å². The largest absolute Gasteiger partial charge is 0.361 e. The van der Waals surface area contributed by atoms with Gasteiger partial charge in [-0.3, -0.25) is 0 Å². The molecule has 3 heteroatoms. The number of H-pyrrole nitrogens is 1. The molecule has 2 nitrogen and oxygen atoms in total. The van der Waals surface area contributed by atoms with Crippen LogP contribution >= 0.6 is 12.4 Å². The molecule has 4 aromatic rings. The second-order valence-electron chi connectivity index (χ2n) is 6.35. The van der Waals surface area contributed by atoms with Crippen LogP contribution < -0.4 is 5.32 Å². The first-order valence-electron chi connectivity index (χ1n) is 8.80. The predicted molar refractivity (Wildman–Crippen MR) is 113 cm³/mol. The number of hydrogen-bond donors (Lipinski definition) is 2. The van der Waals surface area contributed by atoms with Crippen molar-refractivity contribution in [3.05, 3.63) is 96.2 Å². The number of rotatable bonds is 6. The summed E-state index contributed by atoms with van der Waals surface area (Å²) in [5.41, 5.74) is 6.44. The summed E-state index contributed by atoms with van der Waals surface area (Å²) >= 11 is 0. The molecule has 0 atom stereocenters. The van der Waals surface area contributed by atoms with Gasteiger partial charge in [0, 0.05) is 23.6 Å². The number of para-hydroxylation sites is 1. The number of fused-ring (bicyclic) bond motifs is 1. The van der Waals surface area contributed by atoms with Crippen LogP contribution in [0.25, 0.3) is 22.0 Å². The summed E-state index contributed by atoms with van der Waals surface area (Å²) in [5.74, 6) is 0. The van der Waals surface area contributed by atoms with E-state index in [0.29, 0.717) is 0 Å². The molecule has 132 valence electrons. The lowest BCUT2D eigenvalue weighted by molar-refractivity contribution is 0.688. The number of halogens is 1. The Hall–Kier alpha value is -2.55. The maximum atomic E-state index is 3.55. The lowest BCUT2D eigenvalue weighted by Crippen LogP contribution is -2.16. The highest BCUT2D eigenvalue weighted by molar-refractivity contribution is 5.85. The van der Waals surface area contributed by atoms with E-state index in [1.54, 1.807) is 0 Å². The van der Waals surface area contributed by atoms with Crippen molar-refractivity contribution in [3.63, 3.8) is 0 Å². The standard InChI is InChI=1S/C23H22N2.ClH/c1-2-6-19(7-3-1)20-12-10-18(11-13-20)16-24-15-14-21-17-25-23-9-5-4-8-22(21)23;/h1-13,17,24-25H,14-16H2;1H. The quantitative estimate of drug-likeness (QED) is 0.430. The topological polar surface area (TPSA) is 27.8 Å². The molecule has 0 fully saturated rings. The maximum Gasteiger partial charge on any atom is 0.0456 e. The van der Waals surface area contributed by atoms with Crippen LogP contribution in [0, 0.1) is 0 Å². The van der Waals surface area contributed by atoms with Gasteiger partial charge in [0.2, 0.25) is 0 Å². The van der Waals surface area contributed by atoms with Crippen molar-refractivity contribution in [2.24, 2.45) is 0 Å². The first-order valence-corrected chi connectivity index (χ1v) is 8.80. The summed E-state index contributed by atoms with van der Waals surface area (Å²) in [6, 6.07) is 27.8. The Morgan fingerprint density at radius 2 is 1.42 bits per heavy atom. The second kappa shape index (κ2) is 8.70. The van der Waals surface area contributed by atoms with Crippen LogP contribution in [-0.2, 0) is 13.0 Å². The minimum absolute atomic E-state index is 0. The van der Waals surface area contributed by atoms with E-state index in [0.717, 1.165) is 19.5 Å². The minimum atomic E-state index is 0. The van der Waals surface area contributed by atoms with E-state index in [1.165, 1.54) is 33.2 Å². The SMILES string of the molecule is Cl.c1ccc(-c2ccc(CNCCc3c[nH]c4ccccc34)cc2)cc1. The molecule has 1 heterocycles. The molecule has 0 bridgehead atoms. The monoisotopic (exact) mass is 362 g/mol. The van der Waals surface area contributed by atoms with Gasteiger partial charge in [0.25, 0.3) is 0 Å². The van der Waals surface area contributed by atoms with Crippen molar-refractivity contribution in [2.45, 2.75) is 13.0 Å². The number of benzene rings is 3. The molecule has 0 aliphatic rings. The Labute approximate surface area is 160 Å². The van der Waals surface area contributed by atoms with Crippen molar-refractivity contribution < 1.29 is 0 Å².